The summed E-state index contributed by atoms with van der Waals surface area (Å²) in [6.45, 7) is -0.201. The van der Waals surface area contributed by atoms with E-state index in [-0.39, 0.29) is 6.61 Å². The molecule has 0 amide bonds. The predicted octanol–water partition coefficient (Wildman–Crippen LogP) is -0.250. The second-order valence-corrected chi connectivity index (χ2v) is 4.53. The van der Waals surface area contributed by atoms with E-state index in [0.29, 0.717) is 0 Å². The van der Waals surface area contributed by atoms with E-state index in [9.17, 15) is 5.11 Å². The normalized spacial score (nSPS) is 47.6. The average molecular weight is 216 g/mol. The quantitative estimate of drug-likeness (QED) is 0.632. The molecule has 15 heavy (non-hydrogen) atoms. The molecule has 4 atom stereocenters. The van der Waals surface area contributed by atoms with Crippen molar-refractivity contribution in [1.29, 1.82) is 0 Å². The van der Waals surface area contributed by atoms with Crippen molar-refractivity contribution in [2.24, 2.45) is 0 Å². The molecular weight excluding hydrogens is 200 g/mol. The maximum absolute atomic E-state index is 9.81. The van der Waals surface area contributed by atoms with E-state index in [4.69, 9.17) is 19.3 Å². The van der Waals surface area contributed by atoms with Crippen molar-refractivity contribution in [2.75, 3.05) is 6.61 Å². The van der Waals surface area contributed by atoms with Crippen molar-refractivity contribution in [2.45, 2.75) is 56.1 Å². The summed E-state index contributed by atoms with van der Waals surface area (Å²) in [5, 5.41) is 18.8. The van der Waals surface area contributed by atoms with E-state index >= 15 is 0 Å². The summed E-state index contributed by atoms with van der Waals surface area (Å²) in [7, 11) is 0. The first-order valence-electron chi connectivity index (χ1n) is 5.54. The molecule has 3 fully saturated rings. The Kier molecular flexibility index (Phi) is 2.26. The number of aliphatic hydroxyl groups is 2. The smallest absolute Gasteiger partial charge is 0.190 e. The minimum atomic E-state index is -0.778. The highest BCUT2D eigenvalue weighted by Gasteiger charge is 2.57. The molecule has 3 rings (SSSR count). The molecule has 0 bridgehead atoms. The van der Waals surface area contributed by atoms with Crippen LogP contribution in [0.3, 0.4) is 0 Å². The highest BCUT2D eigenvalue weighted by molar-refractivity contribution is 4.96. The lowest BCUT2D eigenvalue weighted by Gasteiger charge is -2.25. The zero-order valence-corrected chi connectivity index (χ0v) is 8.46. The molecule has 0 aromatic rings. The first-order chi connectivity index (χ1) is 7.24. The molecule has 0 aromatic carbocycles. The number of fused-ring (bicyclic) bond motifs is 1. The van der Waals surface area contributed by atoms with E-state index in [0.717, 1.165) is 25.7 Å². The van der Waals surface area contributed by atoms with Crippen LogP contribution in [0.2, 0.25) is 0 Å². The Morgan fingerprint density at radius 1 is 1.20 bits per heavy atom. The zero-order chi connectivity index (χ0) is 10.5. The van der Waals surface area contributed by atoms with Gasteiger partial charge in [-0.15, -0.1) is 0 Å². The molecule has 0 aromatic heterocycles. The lowest BCUT2D eigenvalue weighted by atomic mass is 10.1. The Labute approximate surface area is 87.9 Å². The van der Waals surface area contributed by atoms with E-state index in [1.807, 2.05) is 0 Å². The Balaban J connectivity index is 1.73. The monoisotopic (exact) mass is 216 g/mol. The largest absolute Gasteiger partial charge is 0.394 e. The standard InChI is InChI=1S/C10H16O5/c11-5-6-7(12)8-9(13-6)15-10(14-8)3-1-2-4-10/h6-9,11-12H,1-5H2/t6-,7+,8-,9-/m1/s1. The number of rotatable bonds is 1. The van der Waals surface area contributed by atoms with Crippen molar-refractivity contribution in [3.8, 4) is 0 Å². The second kappa shape index (κ2) is 3.40. The SMILES string of the molecule is OC[C@H]1O[C@@H]2OC3(CCCC3)O[C@@H]2[C@H]1O. The molecular formula is C10H16O5. The highest BCUT2D eigenvalue weighted by Crippen LogP contribution is 2.45. The third-order valence-corrected chi connectivity index (χ3v) is 3.52. The van der Waals surface area contributed by atoms with Gasteiger partial charge in [-0.25, -0.2) is 0 Å². The third-order valence-electron chi connectivity index (χ3n) is 3.52. The van der Waals surface area contributed by atoms with Crippen LogP contribution in [0.5, 0.6) is 0 Å². The van der Waals surface area contributed by atoms with E-state index in [2.05, 4.69) is 0 Å². The topological polar surface area (TPSA) is 68.2 Å². The first kappa shape index (κ1) is 9.99. The van der Waals surface area contributed by atoms with Gasteiger partial charge in [0.1, 0.15) is 18.3 Å². The summed E-state index contributed by atoms with van der Waals surface area (Å²) >= 11 is 0. The molecule has 2 saturated heterocycles. The van der Waals surface area contributed by atoms with Crippen LogP contribution in [0.25, 0.3) is 0 Å². The van der Waals surface area contributed by atoms with Gasteiger partial charge in [0, 0.05) is 12.8 Å². The molecule has 5 nitrogen and oxygen atoms in total. The van der Waals surface area contributed by atoms with Crippen LogP contribution in [-0.2, 0) is 14.2 Å². The number of ether oxygens (including phenoxy) is 3. The molecule has 3 aliphatic rings. The van der Waals surface area contributed by atoms with E-state index in [1.165, 1.54) is 0 Å². The number of aliphatic hydroxyl groups excluding tert-OH is 2. The zero-order valence-electron chi connectivity index (χ0n) is 8.46. The maximum atomic E-state index is 9.81. The molecule has 2 aliphatic heterocycles. The van der Waals surface area contributed by atoms with E-state index in [1.54, 1.807) is 0 Å². The molecule has 0 radical (unpaired) electrons. The first-order valence-corrected chi connectivity index (χ1v) is 5.54. The van der Waals surface area contributed by atoms with Gasteiger partial charge >= 0.3 is 0 Å². The van der Waals surface area contributed by atoms with Gasteiger partial charge in [-0.2, -0.15) is 0 Å². The third kappa shape index (κ3) is 1.42. The maximum Gasteiger partial charge on any atom is 0.190 e. The van der Waals surface area contributed by atoms with Gasteiger partial charge in [0.2, 0.25) is 0 Å². The molecule has 2 heterocycles. The van der Waals surface area contributed by atoms with Crippen LogP contribution in [-0.4, -0.2) is 47.2 Å². The van der Waals surface area contributed by atoms with Gasteiger partial charge in [-0.3, -0.25) is 0 Å². The van der Waals surface area contributed by atoms with Crippen molar-refractivity contribution in [3.63, 3.8) is 0 Å². The minimum absolute atomic E-state index is 0.201. The highest BCUT2D eigenvalue weighted by atomic mass is 16.8. The van der Waals surface area contributed by atoms with Crippen molar-refractivity contribution < 1.29 is 24.4 Å². The van der Waals surface area contributed by atoms with Crippen molar-refractivity contribution >= 4 is 0 Å². The van der Waals surface area contributed by atoms with Gasteiger partial charge in [0.15, 0.2) is 12.1 Å². The van der Waals surface area contributed by atoms with Crippen LogP contribution in [0.1, 0.15) is 25.7 Å². The van der Waals surface area contributed by atoms with Gasteiger partial charge in [-0.1, -0.05) is 0 Å². The second-order valence-electron chi connectivity index (χ2n) is 4.53. The number of hydrogen-bond acceptors (Lipinski definition) is 5. The molecule has 5 heteroatoms. The Bertz CT molecular complexity index is 250. The molecule has 1 saturated carbocycles. The molecule has 2 N–H and O–H groups in total. The van der Waals surface area contributed by atoms with E-state index < -0.39 is 30.4 Å². The van der Waals surface area contributed by atoms with Crippen molar-refractivity contribution in [3.05, 3.63) is 0 Å². The molecule has 86 valence electrons. The van der Waals surface area contributed by atoms with Crippen molar-refractivity contribution in [1.82, 2.24) is 0 Å². The minimum Gasteiger partial charge on any atom is -0.394 e. The lowest BCUT2D eigenvalue weighted by molar-refractivity contribution is -0.232. The van der Waals surface area contributed by atoms with Crippen LogP contribution in [0.4, 0.5) is 0 Å². The fourth-order valence-corrected chi connectivity index (χ4v) is 2.71. The van der Waals surface area contributed by atoms with Crippen LogP contribution >= 0.6 is 0 Å². The summed E-state index contributed by atoms with van der Waals surface area (Å²) < 4.78 is 16.9. The average Bonchev–Trinajstić information content (AvgIpc) is 2.88. The summed E-state index contributed by atoms with van der Waals surface area (Å²) in [6, 6.07) is 0. The fourth-order valence-electron chi connectivity index (χ4n) is 2.71. The summed E-state index contributed by atoms with van der Waals surface area (Å²) in [5.74, 6) is -0.517. The summed E-state index contributed by atoms with van der Waals surface area (Å²) in [6.07, 6.45) is 1.66. The summed E-state index contributed by atoms with van der Waals surface area (Å²) in [4.78, 5) is 0. The van der Waals surface area contributed by atoms with Gasteiger partial charge in [-0.05, 0) is 12.8 Å². The molecule has 0 unspecified atom stereocenters. The molecule has 1 spiro atoms. The summed E-state index contributed by atoms with van der Waals surface area (Å²) in [5.41, 5.74) is 0. The van der Waals surface area contributed by atoms with Crippen LogP contribution < -0.4 is 0 Å². The predicted molar refractivity (Wildman–Crippen MR) is 48.9 cm³/mol. The fraction of sp³-hybridized carbons (Fsp3) is 1.00. The van der Waals surface area contributed by atoms with Crippen LogP contribution in [0, 0.1) is 0 Å². The van der Waals surface area contributed by atoms with Crippen LogP contribution in [0.15, 0.2) is 0 Å². The Hall–Kier alpha value is -0.200. The number of hydrogen-bond donors (Lipinski definition) is 2. The van der Waals surface area contributed by atoms with Gasteiger partial charge in [0.25, 0.3) is 0 Å². The lowest BCUT2D eigenvalue weighted by Crippen LogP contribution is -2.37. The molecule has 1 aliphatic carbocycles. The van der Waals surface area contributed by atoms with Gasteiger partial charge < -0.3 is 24.4 Å². The van der Waals surface area contributed by atoms with Gasteiger partial charge in [0.05, 0.1) is 6.61 Å². The Morgan fingerprint density at radius 3 is 2.53 bits per heavy atom. The Morgan fingerprint density at radius 2 is 1.93 bits per heavy atom.